The molecule has 0 fully saturated rings. The number of benzene rings is 2. The quantitative estimate of drug-likeness (QED) is 0.270. The number of nitrogens with zero attached hydrogens (tertiary/aromatic N) is 1. The predicted molar refractivity (Wildman–Crippen MR) is 114 cm³/mol. The Kier molecular flexibility index (Phi) is 8.97. The summed E-state index contributed by atoms with van der Waals surface area (Å²) < 4.78 is 36.6. The maximum atomic E-state index is 13.4. The van der Waals surface area contributed by atoms with Crippen LogP contribution in [0.3, 0.4) is 0 Å². The van der Waals surface area contributed by atoms with E-state index in [0.29, 0.717) is 11.1 Å². The van der Waals surface area contributed by atoms with Gasteiger partial charge in [-0.05, 0) is 36.8 Å². The molecule has 5 nitrogen and oxygen atoms in total. The van der Waals surface area contributed by atoms with Crippen molar-refractivity contribution in [1.82, 2.24) is 5.32 Å². The van der Waals surface area contributed by atoms with Crippen LogP contribution < -0.4 is 10.1 Å². The minimum Gasteiger partial charge on any atom is -0.477 e. The first kappa shape index (κ1) is 24.5. The fourth-order valence-electron chi connectivity index (χ4n) is 2.19. The largest absolute Gasteiger partial charge is 0.477 e. The zero-order chi connectivity index (χ0) is 22.3. The van der Waals surface area contributed by atoms with E-state index in [1.165, 1.54) is 24.3 Å². The van der Waals surface area contributed by atoms with E-state index in [9.17, 15) is 13.6 Å². The van der Waals surface area contributed by atoms with Gasteiger partial charge in [0.05, 0.1) is 22.2 Å². The van der Waals surface area contributed by atoms with Gasteiger partial charge >= 0.3 is 12.1 Å². The van der Waals surface area contributed by atoms with Crippen molar-refractivity contribution in [2.45, 2.75) is 24.4 Å². The van der Waals surface area contributed by atoms with Crippen molar-refractivity contribution < 1.29 is 23.0 Å². The monoisotopic (exact) mass is 498 g/mol. The molecule has 2 amide bonds. The minimum absolute atomic E-state index is 0.0201. The van der Waals surface area contributed by atoms with Crippen LogP contribution in [0, 0.1) is 0 Å². The lowest BCUT2D eigenvalue weighted by Gasteiger charge is -2.18. The summed E-state index contributed by atoms with van der Waals surface area (Å²) in [5, 5.41) is 3.13. The molecule has 2 aromatic rings. The van der Waals surface area contributed by atoms with E-state index in [1.807, 2.05) is 0 Å². The molecule has 0 spiro atoms. The zero-order valence-electron chi connectivity index (χ0n) is 15.5. The van der Waals surface area contributed by atoms with Crippen LogP contribution in [0.5, 0.6) is 5.75 Å². The second-order valence-corrected chi connectivity index (χ2v) is 7.62. The molecule has 0 atom stereocenters. The van der Waals surface area contributed by atoms with Crippen LogP contribution in [-0.2, 0) is 11.3 Å². The molecule has 0 saturated carbocycles. The van der Waals surface area contributed by atoms with Crippen molar-refractivity contribution in [2.24, 2.45) is 4.99 Å². The second-order valence-electron chi connectivity index (χ2n) is 5.71. The Hall–Kier alpha value is -1.80. The summed E-state index contributed by atoms with van der Waals surface area (Å²) in [5.41, 5.74) is 0.911. The molecule has 30 heavy (non-hydrogen) atoms. The third kappa shape index (κ3) is 6.87. The number of ether oxygens (including phenoxy) is 2. The lowest BCUT2D eigenvalue weighted by atomic mass is 10.2. The number of nitrogens with one attached hydrogen (secondary N) is 1. The van der Waals surface area contributed by atoms with E-state index in [2.05, 4.69) is 15.0 Å². The number of hydrogen-bond donors (Lipinski definition) is 1. The number of carbonyl (C=O) groups is 1. The van der Waals surface area contributed by atoms with Crippen molar-refractivity contribution in [3.8, 4) is 5.75 Å². The van der Waals surface area contributed by atoms with Crippen LogP contribution in [0.1, 0.15) is 18.1 Å². The first-order valence-corrected chi connectivity index (χ1v) is 10.1. The lowest BCUT2D eigenvalue weighted by Crippen LogP contribution is -2.32. The summed E-state index contributed by atoms with van der Waals surface area (Å²) in [5.74, 6) is -0.153. The fraction of sp³-hybridized carbons (Fsp3) is 0.263. The van der Waals surface area contributed by atoms with Gasteiger partial charge in [0.25, 0.3) is 0 Å². The molecule has 0 aliphatic carbocycles. The number of carbonyl (C=O) groups excluding carboxylic acids is 1. The maximum absolute atomic E-state index is 13.4. The standard InChI is InChI=1S/C19H16Cl4F2N2O3/c1-2-29-16(15-13(20)4-3-5-14(15)21)27-18(28)26-10-11-6-8-12(9-7-11)30-19(24,25)17(22)23/h3-9,17H,2,10H2,1H3,(H,26,28). The van der Waals surface area contributed by atoms with Gasteiger partial charge in [0.15, 0.2) is 0 Å². The Balaban J connectivity index is 2.05. The fourth-order valence-corrected chi connectivity index (χ4v) is 2.83. The molecule has 0 bridgehead atoms. The van der Waals surface area contributed by atoms with Crippen LogP contribution in [0.25, 0.3) is 0 Å². The molecule has 2 aromatic carbocycles. The average Bonchev–Trinajstić information content (AvgIpc) is 2.67. The van der Waals surface area contributed by atoms with Crippen molar-refractivity contribution >= 4 is 58.3 Å². The molecule has 1 N–H and O–H groups in total. The molecule has 0 heterocycles. The molecule has 0 unspecified atom stereocenters. The summed E-state index contributed by atoms with van der Waals surface area (Å²) in [6.45, 7) is 2.04. The number of alkyl halides is 4. The number of halogens is 6. The Morgan fingerprint density at radius 3 is 2.27 bits per heavy atom. The molecular weight excluding hydrogens is 484 g/mol. The highest BCUT2D eigenvalue weighted by molar-refractivity contribution is 6.44. The van der Waals surface area contributed by atoms with Gasteiger partial charge in [0, 0.05) is 6.54 Å². The van der Waals surface area contributed by atoms with E-state index >= 15 is 0 Å². The number of hydrogen-bond acceptors (Lipinski definition) is 3. The third-order valence-electron chi connectivity index (χ3n) is 3.54. The van der Waals surface area contributed by atoms with Crippen LogP contribution in [0.2, 0.25) is 10.0 Å². The molecule has 0 aliphatic rings. The molecule has 0 radical (unpaired) electrons. The highest BCUT2D eigenvalue weighted by Gasteiger charge is 2.40. The molecule has 0 saturated heterocycles. The summed E-state index contributed by atoms with van der Waals surface area (Å²) >= 11 is 22.6. The van der Waals surface area contributed by atoms with Crippen molar-refractivity contribution in [2.75, 3.05) is 6.61 Å². The van der Waals surface area contributed by atoms with Crippen molar-refractivity contribution in [3.63, 3.8) is 0 Å². The number of urea groups is 1. The smallest absolute Gasteiger partial charge is 0.428 e. The average molecular weight is 500 g/mol. The summed E-state index contributed by atoms with van der Waals surface area (Å²) in [4.78, 5) is 14.1. The van der Waals surface area contributed by atoms with E-state index in [-0.39, 0.29) is 34.8 Å². The number of rotatable bonds is 7. The second kappa shape index (κ2) is 11.0. The predicted octanol–water partition coefficient (Wildman–Crippen LogP) is 6.46. The van der Waals surface area contributed by atoms with E-state index in [4.69, 9.17) is 51.1 Å². The maximum Gasteiger partial charge on any atom is 0.428 e. The molecular formula is C19H16Cl4F2N2O3. The van der Waals surface area contributed by atoms with Crippen LogP contribution in [0.15, 0.2) is 47.5 Å². The van der Waals surface area contributed by atoms with Crippen molar-refractivity contribution in [3.05, 3.63) is 63.6 Å². The summed E-state index contributed by atoms with van der Waals surface area (Å²) in [7, 11) is 0. The first-order chi connectivity index (χ1) is 14.1. The summed E-state index contributed by atoms with van der Waals surface area (Å²) in [6, 6.07) is 9.71. The molecule has 2 rings (SSSR count). The van der Waals surface area contributed by atoms with Crippen LogP contribution >= 0.6 is 46.4 Å². The zero-order valence-corrected chi connectivity index (χ0v) is 18.5. The topological polar surface area (TPSA) is 59.9 Å². The minimum atomic E-state index is -3.73. The van der Waals surface area contributed by atoms with E-state index in [1.54, 1.807) is 25.1 Å². The van der Waals surface area contributed by atoms with E-state index in [0.717, 1.165) is 0 Å². The van der Waals surface area contributed by atoms with Crippen LogP contribution in [-0.4, -0.2) is 29.5 Å². The molecule has 11 heteroatoms. The number of aliphatic imine (C=N–C) groups is 1. The highest BCUT2D eigenvalue weighted by atomic mass is 35.5. The Morgan fingerprint density at radius 2 is 1.73 bits per heavy atom. The van der Waals surface area contributed by atoms with Crippen LogP contribution in [0.4, 0.5) is 13.6 Å². The Morgan fingerprint density at radius 1 is 1.13 bits per heavy atom. The molecule has 0 aliphatic heterocycles. The summed E-state index contributed by atoms with van der Waals surface area (Å²) in [6.07, 6.45) is -3.73. The van der Waals surface area contributed by atoms with Gasteiger partial charge in [-0.2, -0.15) is 13.8 Å². The van der Waals surface area contributed by atoms with Gasteiger partial charge in [-0.3, -0.25) is 0 Å². The van der Waals surface area contributed by atoms with Gasteiger partial charge < -0.3 is 14.8 Å². The first-order valence-electron chi connectivity index (χ1n) is 8.51. The SMILES string of the molecule is CCOC(=NC(=O)NCc1ccc(OC(F)(F)C(Cl)Cl)cc1)c1c(Cl)cccc1Cl. The third-order valence-corrected chi connectivity index (χ3v) is 4.67. The number of amides is 2. The normalized spacial score (nSPS) is 12.1. The van der Waals surface area contributed by atoms with Gasteiger partial charge in [-0.15, -0.1) is 0 Å². The van der Waals surface area contributed by atoms with Gasteiger partial charge in [-0.25, -0.2) is 4.79 Å². The highest BCUT2D eigenvalue weighted by Crippen LogP contribution is 2.30. The van der Waals surface area contributed by atoms with Crippen molar-refractivity contribution in [1.29, 1.82) is 0 Å². The molecule has 0 aromatic heterocycles. The Bertz CT molecular complexity index is 889. The van der Waals surface area contributed by atoms with Gasteiger partial charge in [0.1, 0.15) is 5.75 Å². The van der Waals surface area contributed by atoms with Gasteiger partial charge in [0.2, 0.25) is 10.7 Å². The van der Waals surface area contributed by atoms with E-state index < -0.39 is 17.0 Å². The van der Waals surface area contributed by atoms with Gasteiger partial charge in [-0.1, -0.05) is 64.6 Å². The lowest BCUT2D eigenvalue weighted by molar-refractivity contribution is -0.163. The molecule has 162 valence electrons. The Labute approximate surface area is 191 Å².